The summed E-state index contributed by atoms with van der Waals surface area (Å²) in [5, 5.41) is 12.1. The van der Waals surface area contributed by atoms with Crippen molar-refractivity contribution in [3.63, 3.8) is 0 Å². The van der Waals surface area contributed by atoms with E-state index in [0.717, 1.165) is 13.0 Å². The van der Waals surface area contributed by atoms with Crippen LogP contribution in [0.4, 0.5) is 0 Å². The van der Waals surface area contributed by atoms with Crippen molar-refractivity contribution in [3.05, 3.63) is 0 Å². The molecule has 0 spiro atoms. The minimum Gasteiger partial charge on any atom is -0.468 e. The fourth-order valence-electron chi connectivity index (χ4n) is 1.32. The van der Waals surface area contributed by atoms with Crippen LogP contribution in [0.2, 0.25) is 0 Å². The number of carbonyl (C=O) groups is 1. The first-order chi connectivity index (χ1) is 7.79. The molecular formula is C8H12N4O3S. The Balaban J connectivity index is 1.97. The van der Waals surface area contributed by atoms with Crippen molar-refractivity contribution >= 4 is 17.7 Å². The number of ether oxygens (including phenoxy) is 2. The van der Waals surface area contributed by atoms with Gasteiger partial charge in [-0.2, -0.15) is 0 Å². The van der Waals surface area contributed by atoms with Crippen LogP contribution in [0.1, 0.15) is 6.42 Å². The monoisotopic (exact) mass is 244 g/mol. The number of tetrazole rings is 1. The summed E-state index contributed by atoms with van der Waals surface area (Å²) in [5.74, 6) is -0.364. The number of methoxy groups -OCH3 is 1. The van der Waals surface area contributed by atoms with Gasteiger partial charge in [0, 0.05) is 11.9 Å². The third kappa shape index (κ3) is 2.70. The molecule has 1 unspecified atom stereocenters. The lowest BCUT2D eigenvalue weighted by atomic mass is 10.4. The van der Waals surface area contributed by atoms with E-state index in [9.17, 15) is 4.79 Å². The molecule has 2 heterocycles. The topological polar surface area (TPSA) is 79.1 Å². The fourth-order valence-corrected chi connectivity index (χ4v) is 2.30. The Morgan fingerprint density at radius 3 is 3.31 bits per heavy atom. The summed E-state index contributed by atoms with van der Waals surface area (Å²) in [6, 6.07) is 0. The van der Waals surface area contributed by atoms with Crippen LogP contribution in [0.15, 0.2) is 5.16 Å². The van der Waals surface area contributed by atoms with Crippen LogP contribution in [-0.4, -0.2) is 51.8 Å². The molecule has 0 radical (unpaired) electrons. The number of esters is 1. The summed E-state index contributed by atoms with van der Waals surface area (Å²) in [4.78, 5) is 11.1. The highest BCUT2D eigenvalue weighted by Gasteiger charge is 2.21. The van der Waals surface area contributed by atoms with Gasteiger partial charge in [-0.1, -0.05) is 11.8 Å². The van der Waals surface area contributed by atoms with Crippen LogP contribution in [0.5, 0.6) is 0 Å². The molecular weight excluding hydrogens is 232 g/mol. The zero-order valence-electron chi connectivity index (χ0n) is 8.83. The van der Waals surface area contributed by atoms with Gasteiger partial charge in [0.25, 0.3) is 0 Å². The van der Waals surface area contributed by atoms with E-state index >= 15 is 0 Å². The lowest BCUT2D eigenvalue weighted by Crippen LogP contribution is -2.14. The third-order valence-electron chi connectivity index (χ3n) is 2.17. The van der Waals surface area contributed by atoms with Gasteiger partial charge in [-0.15, -0.1) is 5.10 Å². The lowest BCUT2D eigenvalue weighted by Gasteiger charge is -2.06. The van der Waals surface area contributed by atoms with Crippen molar-refractivity contribution in [1.82, 2.24) is 20.2 Å². The zero-order valence-corrected chi connectivity index (χ0v) is 9.64. The van der Waals surface area contributed by atoms with Crippen LogP contribution in [0.25, 0.3) is 0 Å². The highest BCUT2D eigenvalue weighted by Crippen LogP contribution is 2.26. The maximum Gasteiger partial charge on any atom is 0.327 e. The molecule has 0 saturated carbocycles. The van der Waals surface area contributed by atoms with Crippen molar-refractivity contribution in [1.29, 1.82) is 0 Å². The Morgan fingerprint density at radius 1 is 1.75 bits per heavy atom. The van der Waals surface area contributed by atoms with E-state index in [2.05, 4.69) is 20.3 Å². The molecule has 1 fully saturated rings. The summed E-state index contributed by atoms with van der Waals surface area (Å²) in [6.07, 6.45) is 0.982. The van der Waals surface area contributed by atoms with Crippen LogP contribution in [0.3, 0.4) is 0 Å². The van der Waals surface area contributed by atoms with Crippen molar-refractivity contribution in [2.45, 2.75) is 23.4 Å². The molecule has 1 aliphatic heterocycles. The molecule has 0 amide bonds. The molecule has 88 valence electrons. The molecule has 1 aliphatic rings. The predicted molar refractivity (Wildman–Crippen MR) is 54.9 cm³/mol. The summed E-state index contributed by atoms with van der Waals surface area (Å²) < 4.78 is 11.3. The summed E-state index contributed by atoms with van der Waals surface area (Å²) in [6.45, 7) is 1.52. The smallest absolute Gasteiger partial charge is 0.327 e. The van der Waals surface area contributed by atoms with Gasteiger partial charge >= 0.3 is 5.97 Å². The van der Waals surface area contributed by atoms with E-state index in [0.29, 0.717) is 17.0 Å². The van der Waals surface area contributed by atoms with Gasteiger partial charge in [0.05, 0.1) is 13.7 Å². The molecule has 0 aromatic carbocycles. The average molecular weight is 244 g/mol. The van der Waals surface area contributed by atoms with E-state index in [1.54, 1.807) is 0 Å². The molecule has 1 saturated heterocycles. The van der Waals surface area contributed by atoms with E-state index in [4.69, 9.17) is 4.74 Å². The van der Waals surface area contributed by atoms with E-state index < -0.39 is 0 Å². The number of aromatic nitrogens is 4. The Kier molecular flexibility index (Phi) is 3.73. The normalized spacial score (nSPS) is 19.9. The van der Waals surface area contributed by atoms with Crippen molar-refractivity contribution < 1.29 is 14.3 Å². The van der Waals surface area contributed by atoms with E-state index in [-0.39, 0.29) is 12.5 Å². The largest absolute Gasteiger partial charge is 0.468 e. The predicted octanol–water partition coefficient (Wildman–Crippen LogP) is -0.273. The highest BCUT2D eigenvalue weighted by molar-refractivity contribution is 7.99. The second-order valence-electron chi connectivity index (χ2n) is 3.30. The molecule has 1 aromatic heterocycles. The van der Waals surface area contributed by atoms with E-state index in [1.165, 1.54) is 23.6 Å². The Morgan fingerprint density at radius 2 is 2.62 bits per heavy atom. The number of rotatable bonds is 4. The van der Waals surface area contributed by atoms with Crippen molar-refractivity contribution in [3.8, 4) is 0 Å². The molecule has 8 heteroatoms. The van der Waals surface area contributed by atoms with Gasteiger partial charge < -0.3 is 9.47 Å². The quantitative estimate of drug-likeness (QED) is 0.674. The minimum atomic E-state index is -0.364. The van der Waals surface area contributed by atoms with Gasteiger partial charge in [-0.3, -0.25) is 4.79 Å². The van der Waals surface area contributed by atoms with Crippen LogP contribution < -0.4 is 0 Å². The second kappa shape index (κ2) is 5.26. The van der Waals surface area contributed by atoms with Crippen molar-refractivity contribution in [2.24, 2.45) is 0 Å². The number of carbonyl (C=O) groups excluding carboxylic acids is 1. The maximum absolute atomic E-state index is 11.1. The van der Waals surface area contributed by atoms with Gasteiger partial charge in [-0.25, -0.2) is 4.68 Å². The molecule has 0 bridgehead atoms. The van der Waals surface area contributed by atoms with Gasteiger partial charge in [0.15, 0.2) is 0 Å². The molecule has 1 aromatic rings. The molecule has 7 nitrogen and oxygen atoms in total. The van der Waals surface area contributed by atoms with Gasteiger partial charge in [0.2, 0.25) is 5.16 Å². The number of nitrogens with zero attached hydrogens (tertiary/aromatic N) is 4. The van der Waals surface area contributed by atoms with Gasteiger partial charge in [0.1, 0.15) is 6.54 Å². The molecule has 1 atom stereocenters. The zero-order chi connectivity index (χ0) is 11.4. The Labute approximate surface area is 96.5 Å². The summed E-state index contributed by atoms with van der Waals surface area (Å²) in [5.41, 5.74) is 0. The fraction of sp³-hybridized carbons (Fsp3) is 0.750. The number of hydrogen-bond acceptors (Lipinski definition) is 7. The first-order valence-electron chi connectivity index (χ1n) is 4.87. The van der Waals surface area contributed by atoms with Crippen LogP contribution in [-0.2, 0) is 20.8 Å². The standard InChI is InChI=1S/C8H12N4O3S/c1-14-7(13)4-12-8(9-10-11-12)16-6-2-3-15-5-6/h6H,2-5H2,1H3. The van der Waals surface area contributed by atoms with Crippen LogP contribution >= 0.6 is 11.8 Å². The second-order valence-corrected chi connectivity index (χ2v) is 4.57. The maximum atomic E-state index is 11.1. The minimum absolute atomic E-state index is 0.0411. The van der Waals surface area contributed by atoms with Crippen molar-refractivity contribution in [2.75, 3.05) is 20.3 Å². The Bertz CT molecular complexity index is 364. The highest BCUT2D eigenvalue weighted by atomic mass is 32.2. The van der Waals surface area contributed by atoms with Gasteiger partial charge in [-0.05, 0) is 16.8 Å². The number of thioether (sulfide) groups is 1. The summed E-state index contributed by atoms with van der Waals surface area (Å²) >= 11 is 1.53. The molecule has 16 heavy (non-hydrogen) atoms. The molecule has 0 aliphatic carbocycles. The molecule has 2 rings (SSSR count). The SMILES string of the molecule is COC(=O)Cn1nnnc1SC1CCOC1. The first-order valence-corrected chi connectivity index (χ1v) is 5.75. The number of hydrogen-bond donors (Lipinski definition) is 0. The third-order valence-corrected chi connectivity index (χ3v) is 3.37. The first kappa shape index (κ1) is 11.3. The Hall–Kier alpha value is -1.15. The van der Waals surface area contributed by atoms with Crippen LogP contribution in [0, 0.1) is 0 Å². The average Bonchev–Trinajstić information content (AvgIpc) is 2.92. The van der Waals surface area contributed by atoms with E-state index in [1.807, 2.05) is 0 Å². The summed E-state index contributed by atoms with van der Waals surface area (Å²) in [7, 11) is 1.34. The molecule has 0 N–H and O–H groups in total. The lowest BCUT2D eigenvalue weighted by molar-refractivity contribution is -0.141.